The predicted molar refractivity (Wildman–Crippen MR) is 64.1 cm³/mol. The number of rotatable bonds is 5. The Balaban J connectivity index is 2.95. The van der Waals surface area contributed by atoms with Crippen LogP contribution in [0.4, 0.5) is 0 Å². The average molecular weight is 199 g/mol. The van der Waals surface area contributed by atoms with Crippen LogP contribution in [0.5, 0.6) is 0 Å². The summed E-state index contributed by atoms with van der Waals surface area (Å²) in [5.74, 6) is 0.281. The topological polar surface area (TPSA) is 23.8 Å². The molecule has 1 atom stereocenters. The zero-order valence-electron chi connectivity index (χ0n) is 9.02. The lowest BCUT2D eigenvalue weighted by Gasteiger charge is -2.36. The van der Waals surface area contributed by atoms with Crippen molar-refractivity contribution in [3.8, 4) is 6.07 Å². The van der Waals surface area contributed by atoms with Gasteiger partial charge in [0, 0.05) is 11.8 Å². The second kappa shape index (κ2) is 5.36. The monoisotopic (exact) mass is 199 g/mol. The Morgan fingerprint density at radius 3 is 2.47 bits per heavy atom. The molecule has 1 rings (SSSR count). The summed E-state index contributed by atoms with van der Waals surface area (Å²) in [7, 11) is 0. The molecule has 0 saturated heterocycles. The van der Waals surface area contributed by atoms with Gasteiger partial charge in [-0.15, -0.1) is 13.2 Å². The zero-order chi connectivity index (χ0) is 11.1. The van der Waals surface area contributed by atoms with Crippen molar-refractivity contribution in [2.24, 2.45) is 11.3 Å². The third-order valence-electron chi connectivity index (χ3n) is 2.98. The number of nitriles is 1. The Bertz CT molecular complexity index is 318. The second-order valence-corrected chi connectivity index (χ2v) is 3.93. The lowest BCUT2D eigenvalue weighted by atomic mass is 9.67. The van der Waals surface area contributed by atoms with Crippen molar-refractivity contribution < 1.29 is 0 Å². The van der Waals surface area contributed by atoms with Crippen LogP contribution >= 0.6 is 0 Å². The zero-order valence-corrected chi connectivity index (χ0v) is 9.02. The Hall–Kier alpha value is -1.55. The summed E-state index contributed by atoms with van der Waals surface area (Å²) in [6.07, 6.45) is 14.6. The van der Waals surface area contributed by atoms with Gasteiger partial charge in [-0.2, -0.15) is 5.26 Å². The fraction of sp³-hybridized carbons (Fsp3) is 0.357. The highest BCUT2D eigenvalue weighted by Crippen LogP contribution is 2.42. The molecular weight excluding hydrogens is 182 g/mol. The van der Waals surface area contributed by atoms with Gasteiger partial charge in [-0.25, -0.2) is 0 Å². The molecule has 1 heteroatoms. The predicted octanol–water partition coefficient (Wildman–Crippen LogP) is 3.78. The van der Waals surface area contributed by atoms with Crippen molar-refractivity contribution in [3.63, 3.8) is 0 Å². The molecule has 0 aromatic carbocycles. The Labute approximate surface area is 92.1 Å². The SMILES string of the molecule is C=CCC1(CC=C)C=CC=CC1CC#N. The van der Waals surface area contributed by atoms with Crippen LogP contribution in [0.3, 0.4) is 0 Å². The van der Waals surface area contributed by atoms with Crippen LogP contribution in [0, 0.1) is 22.7 Å². The molecule has 0 amide bonds. The first kappa shape index (κ1) is 11.5. The van der Waals surface area contributed by atoms with E-state index in [2.05, 4.69) is 37.5 Å². The van der Waals surface area contributed by atoms with Gasteiger partial charge >= 0.3 is 0 Å². The summed E-state index contributed by atoms with van der Waals surface area (Å²) in [4.78, 5) is 0. The molecule has 78 valence electrons. The van der Waals surface area contributed by atoms with E-state index < -0.39 is 0 Å². The molecule has 0 bridgehead atoms. The van der Waals surface area contributed by atoms with Gasteiger partial charge in [-0.3, -0.25) is 0 Å². The van der Waals surface area contributed by atoms with Gasteiger partial charge in [0.2, 0.25) is 0 Å². The fourth-order valence-corrected chi connectivity index (χ4v) is 2.19. The molecule has 15 heavy (non-hydrogen) atoms. The summed E-state index contributed by atoms with van der Waals surface area (Å²) in [6.45, 7) is 7.60. The normalized spacial score (nSPS) is 21.9. The van der Waals surface area contributed by atoms with E-state index in [1.165, 1.54) is 0 Å². The van der Waals surface area contributed by atoms with Crippen LogP contribution in [0.2, 0.25) is 0 Å². The Morgan fingerprint density at radius 1 is 1.27 bits per heavy atom. The van der Waals surface area contributed by atoms with Gasteiger partial charge in [-0.05, 0) is 18.8 Å². The fourth-order valence-electron chi connectivity index (χ4n) is 2.19. The van der Waals surface area contributed by atoms with Crippen molar-refractivity contribution in [2.75, 3.05) is 0 Å². The van der Waals surface area contributed by atoms with E-state index in [0.29, 0.717) is 6.42 Å². The first-order valence-corrected chi connectivity index (χ1v) is 5.24. The largest absolute Gasteiger partial charge is 0.198 e. The summed E-state index contributed by atoms with van der Waals surface area (Å²) in [5.41, 5.74) is 0.0218. The van der Waals surface area contributed by atoms with Crippen LogP contribution in [0.1, 0.15) is 19.3 Å². The summed E-state index contributed by atoms with van der Waals surface area (Å²) in [5, 5.41) is 8.83. The highest BCUT2D eigenvalue weighted by molar-refractivity contribution is 5.23. The van der Waals surface area contributed by atoms with Gasteiger partial charge in [0.05, 0.1) is 6.07 Å². The van der Waals surface area contributed by atoms with Crippen molar-refractivity contribution in [2.45, 2.75) is 19.3 Å². The maximum atomic E-state index is 8.83. The molecule has 1 aliphatic carbocycles. The van der Waals surface area contributed by atoms with Gasteiger partial charge in [0.25, 0.3) is 0 Å². The van der Waals surface area contributed by atoms with E-state index in [-0.39, 0.29) is 11.3 Å². The molecule has 0 aromatic heterocycles. The van der Waals surface area contributed by atoms with Crippen LogP contribution in [0.25, 0.3) is 0 Å². The summed E-state index contributed by atoms with van der Waals surface area (Å²) in [6, 6.07) is 2.26. The van der Waals surface area contributed by atoms with E-state index >= 15 is 0 Å². The number of nitrogens with zero attached hydrogens (tertiary/aromatic N) is 1. The molecule has 0 radical (unpaired) electrons. The van der Waals surface area contributed by atoms with Gasteiger partial charge in [-0.1, -0.05) is 36.5 Å². The summed E-state index contributed by atoms with van der Waals surface area (Å²) >= 11 is 0. The van der Waals surface area contributed by atoms with Crippen molar-refractivity contribution >= 4 is 0 Å². The van der Waals surface area contributed by atoms with E-state index in [1.54, 1.807) is 0 Å². The minimum atomic E-state index is 0.0218. The van der Waals surface area contributed by atoms with Gasteiger partial charge in [0.15, 0.2) is 0 Å². The quantitative estimate of drug-likeness (QED) is 0.618. The van der Waals surface area contributed by atoms with E-state index in [9.17, 15) is 0 Å². The van der Waals surface area contributed by atoms with Crippen LogP contribution < -0.4 is 0 Å². The van der Waals surface area contributed by atoms with E-state index in [1.807, 2.05) is 18.2 Å². The first-order chi connectivity index (χ1) is 7.29. The first-order valence-electron chi connectivity index (χ1n) is 5.24. The van der Waals surface area contributed by atoms with Crippen LogP contribution in [-0.4, -0.2) is 0 Å². The van der Waals surface area contributed by atoms with Gasteiger partial charge in [0.1, 0.15) is 0 Å². The number of allylic oxidation sites excluding steroid dienone is 6. The van der Waals surface area contributed by atoms with Crippen molar-refractivity contribution in [1.82, 2.24) is 0 Å². The molecular formula is C14H17N. The average Bonchev–Trinajstić information content (AvgIpc) is 2.23. The molecule has 1 unspecified atom stereocenters. The smallest absolute Gasteiger partial charge is 0.0628 e. The lowest BCUT2D eigenvalue weighted by molar-refractivity contribution is 0.281. The molecule has 0 spiro atoms. The third-order valence-corrected chi connectivity index (χ3v) is 2.98. The maximum absolute atomic E-state index is 8.83. The number of hydrogen-bond acceptors (Lipinski definition) is 1. The molecule has 0 N–H and O–H groups in total. The minimum Gasteiger partial charge on any atom is -0.198 e. The Morgan fingerprint density at radius 2 is 1.93 bits per heavy atom. The van der Waals surface area contributed by atoms with E-state index in [0.717, 1.165) is 12.8 Å². The highest BCUT2D eigenvalue weighted by Gasteiger charge is 2.33. The van der Waals surface area contributed by atoms with E-state index in [4.69, 9.17) is 5.26 Å². The van der Waals surface area contributed by atoms with Crippen LogP contribution in [-0.2, 0) is 0 Å². The van der Waals surface area contributed by atoms with Gasteiger partial charge < -0.3 is 0 Å². The third kappa shape index (κ3) is 2.47. The highest BCUT2D eigenvalue weighted by atomic mass is 14.4. The minimum absolute atomic E-state index is 0.0218. The summed E-state index contributed by atoms with van der Waals surface area (Å²) < 4.78 is 0. The number of hydrogen-bond donors (Lipinski definition) is 0. The Kier molecular flexibility index (Phi) is 4.12. The van der Waals surface area contributed by atoms with Crippen molar-refractivity contribution in [1.29, 1.82) is 5.26 Å². The molecule has 0 aromatic rings. The molecule has 0 fully saturated rings. The standard InChI is InChI=1S/C14H17N/c1-3-9-14(10-4-2)11-6-5-7-13(14)8-12-15/h3-7,11,13H,1-2,8-10H2. The lowest BCUT2D eigenvalue weighted by Crippen LogP contribution is -2.27. The maximum Gasteiger partial charge on any atom is 0.0628 e. The molecule has 0 aliphatic heterocycles. The molecule has 0 saturated carbocycles. The molecule has 1 aliphatic rings. The van der Waals surface area contributed by atoms with Crippen molar-refractivity contribution in [3.05, 3.63) is 49.6 Å². The van der Waals surface area contributed by atoms with Crippen LogP contribution in [0.15, 0.2) is 49.6 Å². The molecule has 1 nitrogen and oxygen atoms in total. The molecule has 0 heterocycles. The second-order valence-electron chi connectivity index (χ2n) is 3.93.